The van der Waals surface area contributed by atoms with Gasteiger partial charge in [-0.3, -0.25) is 53.0 Å². The number of piperidine rings is 2. The number of amides is 9. The highest BCUT2D eigenvalue weighted by molar-refractivity contribution is 5.82. The quantitative estimate of drug-likeness (QED) is 0.120. The number of hydrogen-bond donors (Lipinski definition) is 3. The minimum absolute atomic E-state index is 0.0351. The average Bonchev–Trinajstić information content (AvgIpc) is 0.803. The van der Waals surface area contributed by atoms with E-state index in [0.29, 0.717) is 83.1 Å². The van der Waals surface area contributed by atoms with Crippen molar-refractivity contribution in [3.63, 3.8) is 0 Å². The van der Waals surface area contributed by atoms with Gasteiger partial charge in [-0.1, -0.05) is 352 Å². The van der Waals surface area contributed by atoms with Crippen LogP contribution in [-0.2, 0) is 58.2 Å². The highest BCUT2D eigenvalue weighted by atomic mass is 16.5. The minimum atomic E-state index is -0.769. The Kier molecular flexibility index (Phi) is 90.5. The van der Waals surface area contributed by atoms with Gasteiger partial charge in [-0.15, -0.1) is 0 Å². The van der Waals surface area contributed by atoms with E-state index in [-0.39, 0.29) is 95.3 Å². The number of para-hydroxylation sites is 1. The molecule has 26 nitrogen and oxygen atoms in total. The predicted octanol–water partition coefficient (Wildman–Crippen LogP) is 19.6. The Morgan fingerprint density at radius 1 is 0.326 bits per heavy atom. The molecule has 26 heteroatoms. The fourth-order valence-corrected chi connectivity index (χ4v) is 14.4. The molecular formula is C115H217N13O13. The Bertz CT molecular complexity index is 3360. The summed E-state index contributed by atoms with van der Waals surface area (Å²) in [5.41, 5.74) is 2.87. The topological polar surface area (TPSA) is 263 Å². The van der Waals surface area contributed by atoms with Gasteiger partial charge in [0.2, 0.25) is 53.2 Å². The highest BCUT2D eigenvalue weighted by Crippen LogP contribution is 2.33. The van der Waals surface area contributed by atoms with Gasteiger partial charge in [0.25, 0.3) is 0 Å². The minimum Gasteiger partial charge on any atom is -0.395 e. The van der Waals surface area contributed by atoms with E-state index >= 15 is 0 Å². The summed E-state index contributed by atoms with van der Waals surface area (Å²) >= 11 is 0. The lowest BCUT2D eigenvalue weighted by molar-refractivity contribution is -0.140. The summed E-state index contributed by atoms with van der Waals surface area (Å²) in [6.07, 6.45) is 13.4. The molecule has 0 atom stereocenters. The van der Waals surface area contributed by atoms with Crippen LogP contribution in [0.2, 0.25) is 0 Å². The lowest BCUT2D eigenvalue weighted by Gasteiger charge is -2.39. The van der Waals surface area contributed by atoms with Gasteiger partial charge in [0, 0.05) is 237 Å². The second-order valence-corrected chi connectivity index (χ2v) is 39.8. The first-order valence-electron chi connectivity index (χ1n) is 55.0. The van der Waals surface area contributed by atoms with Crippen molar-refractivity contribution in [2.75, 3.05) is 222 Å². The fourth-order valence-electron chi connectivity index (χ4n) is 14.4. The molecule has 8 fully saturated rings. The van der Waals surface area contributed by atoms with Gasteiger partial charge in [-0.2, -0.15) is 0 Å². The number of piperazine rings is 4. The zero-order valence-electron chi connectivity index (χ0n) is 96.7. The Morgan fingerprint density at radius 2 is 0.589 bits per heavy atom. The molecule has 11 rings (SSSR count). The number of aliphatic hydroxyl groups is 2. The third-order valence-corrected chi connectivity index (χ3v) is 22.1. The van der Waals surface area contributed by atoms with Crippen LogP contribution in [0.15, 0.2) is 91.0 Å². The number of morpholine rings is 2. The molecule has 0 aromatic heterocycles. The van der Waals surface area contributed by atoms with Gasteiger partial charge in [0.05, 0.1) is 38.6 Å². The van der Waals surface area contributed by atoms with Crippen LogP contribution in [-0.4, -0.2) is 334 Å². The first-order valence-corrected chi connectivity index (χ1v) is 55.0. The summed E-state index contributed by atoms with van der Waals surface area (Å²) in [5, 5.41) is 22.3. The van der Waals surface area contributed by atoms with Gasteiger partial charge in [0.1, 0.15) is 0 Å². The molecule has 3 aromatic rings. The number of benzene rings is 3. The summed E-state index contributed by atoms with van der Waals surface area (Å²) in [7, 11) is 2.09. The first-order chi connectivity index (χ1) is 66.9. The number of carbonyl (C=O) groups is 9. The van der Waals surface area contributed by atoms with Crippen molar-refractivity contribution in [2.45, 2.75) is 317 Å². The van der Waals surface area contributed by atoms with Crippen molar-refractivity contribution in [1.82, 2.24) is 59.2 Å². The summed E-state index contributed by atoms with van der Waals surface area (Å²) in [6.45, 7) is 92.2. The molecule has 8 heterocycles. The summed E-state index contributed by atoms with van der Waals surface area (Å²) in [5.74, 6) is 3.37. The Labute approximate surface area is 864 Å². The number of hydrogen-bond acceptors (Lipinski definition) is 17. The number of aliphatic hydroxyl groups excluding tert-OH is 1. The second-order valence-electron chi connectivity index (χ2n) is 39.8. The number of anilines is 1. The summed E-state index contributed by atoms with van der Waals surface area (Å²) in [6, 6.07) is 30.8. The third-order valence-electron chi connectivity index (χ3n) is 22.1. The van der Waals surface area contributed by atoms with Crippen LogP contribution in [0.1, 0.15) is 323 Å². The van der Waals surface area contributed by atoms with E-state index in [1.54, 1.807) is 11.8 Å². The van der Waals surface area contributed by atoms with Gasteiger partial charge in [-0.25, -0.2) is 0 Å². The number of likely N-dealkylation sites (tertiary alicyclic amines) is 2. The van der Waals surface area contributed by atoms with E-state index in [9.17, 15) is 48.3 Å². The molecule has 8 aliphatic rings. The lowest BCUT2D eigenvalue weighted by atomic mass is 9.84. The van der Waals surface area contributed by atoms with Crippen LogP contribution in [0.3, 0.4) is 0 Å². The fraction of sp³-hybridized carbons (Fsp3) is 0.765. The number of nitrogens with zero attached hydrogens (tertiary/aromatic N) is 12. The van der Waals surface area contributed by atoms with E-state index in [1.807, 2.05) is 181 Å². The van der Waals surface area contributed by atoms with Gasteiger partial charge in [0.15, 0.2) is 0 Å². The van der Waals surface area contributed by atoms with Gasteiger partial charge < -0.3 is 74.0 Å². The molecular weight excluding hydrogens is 1770 g/mol. The molecule has 820 valence electrons. The number of β-amino-alcohol motifs (C(OH)–C–C–N with tert-alkyl or cyclic N) is 1. The zero-order valence-corrected chi connectivity index (χ0v) is 96.7. The third kappa shape index (κ3) is 68.4. The SMILES string of the molecule is CC(=O)N1CCN(C(=O)C(C)C)CC1.CC(C)C(=O)N1CCC(O)(c2ccccc2)CC1.CC(C)C(=O)N1CCC(c2ccccc2)CC1.CC(C)C(=O)N1CCN(C)CC1.CC(C)C(=O)N1CCN(CCO)CC1.CC(C)C(=O)N1CCN(c2ccccc2)CC1.CC(C)C(=O)N1CCOCC1.CC(C)C(=O)NCCN1CCOCC1.CCC.CCC.CCC.CCC.CCC.CCC.CCC.CCC. The van der Waals surface area contributed by atoms with Crippen molar-refractivity contribution in [3.05, 3.63) is 102 Å². The van der Waals surface area contributed by atoms with Crippen LogP contribution in [0.4, 0.5) is 5.69 Å². The molecule has 0 saturated carbocycles. The predicted molar refractivity (Wildman–Crippen MR) is 593 cm³/mol. The maximum Gasteiger partial charge on any atom is 0.225 e. The molecule has 0 radical (unpaired) electrons. The van der Waals surface area contributed by atoms with E-state index in [2.05, 4.69) is 197 Å². The average molecular weight is 1990 g/mol. The molecule has 3 N–H and O–H groups in total. The van der Waals surface area contributed by atoms with Gasteiger partial charge in [-0.05, 0) is 61.9 Å². The van der Waals surface area contributed by atoms with Crippen LogP contribution in [0.25, 0.3) is 0 Å². The highest BCUT2D eigenvalue weighted by Gasteiger charge is 2.36. The molecule has 9 amide bonds. The molecule has 141 heavy (non-hydrogen) atoms. The summed E-state index contributed by atoms with van der Waals surface area (Å²) in [4.78, 5) is 128. The number of ether oxygens (including phenoxy) is 2. The molecule has 0 spiro atoms. The number of nitrogens with one attached hydrogen (secondary N) is 1. The molecule has 3 aromatic carbocycles. The standard InChI is InChI=1S/C15H21NO2.C15H21NO.C14H20N2O.C10H18N2O2.2C10H20N2O2.C9H18N2O.C8H15NO2.8C3H8/c1-12(2)14(17)16-10-8-15(18,9-11-16)13-6-4-3-5-7-13;1-12(2)15(17)16-10-8-14(9-11-16)13-6-4-3-5-7-13;1-12(2)14(17)16-10-8-15(9-11-16)13-6-4-3-5-7-13;1-8(2)10(14)12-6-4-11(5-7-12)9(3)13;1-9(2)10(14)12-5-3-11(4-6-12)7-8-13;1-9(2)10(13)11-3-4-12-5-7-14-8-6-12;1-8(2)9(12)11-6-4-10(3)5-7-11;1-7(2)8(10)9-3-5-11-6-4-9;8*1-3-2/h3-7,12,18H,8-11H2,1-2H3;3-7,12,14H,8-11H2,1-2H3;3-7,12H,8-11H2,1-2H3;8H,4-7H2,1-3H3;9,13H,3-8H2,1-2H3;9H,3-8H2,1-2H3,(H,11,13);8H,4-7H2,1-3H3;7H,3-6H2,1-2H3;8*3H2,1-2H3. The smallest absolute Gasteiger partial charge is 0.225 e. The number of rotatable bonds is 16. The molecule has 0 bridgehead atoms. The van der Waals surface area contributed by atoms with Crippen molar-refractivity contribution in [3.8, 4) is 0 Å². The number of carbonyl (C=O) groups excluding carboxylic acids is 9. The molecule has 0 aliphatic carbocycles. The molecule has 0 unspecified atom stereocenters. The Morgan fingerprint density at radius 3 is 0.901 bits per heavy atom. The Hall–Kier alpha value is -7.59. The van der Waals surface area contributed by atoms with E-state index < -0.39 is 5.60 Å². The number of likely N-dealkylation sites (N-methyl/N-ethyl adjacent to an activating group) is 1. The van der Waals surface area contributed by atoms with Crippen LogP contribution in [0, 0.1) is 47.3 Å². The maximum absolute atomic E-state index is 11.9. The van der Waals surface area contributed by atoms with Crippen molar-refractivity contribution in [2.24, 2.45) is 47.3 Å². The van der Waals surface area contributed by atoms with E-state index in [4.69, 9.17) is 14.6 Å². The van der Waals surface area contributed by atoms with Crippen molar-refractivity contribution in [1.29, 1.82) is 0 Å². The Balaban J connectivity index is -0.000000485. The largest absolute Gasteiger partial charge is 0.395 e. The van der Waals surface area contributed by atoms with Crippen molar-refractivity contribution < 1.29 is 62.8 Å². The van der Waals surface area contributed by atoms with Crippen molar-refractivity contribution >= 4 is 58.9 Å². The molecule has 8 saturated heterocycles. The van der Waals surface area contributed by atoms with Crippen LogP contribution < -0.4 is 10.2 Å². The van der Waals surface area contributed by atoms with Gasteiger partial charge >= 0.3 is 0 Å². The second kappa shape index (κ2) is 90.0. The first kappa shape index (κ1) is 142. The zero-order chi connectivity index (χ0) is 108. The normalized spacial score (nSPS) is 16.2. The lowest BCUT2D eigenvalue weighted by Crippen LogP contribution is -2.51. The summed E-state index contributed by atoms with van der Waals surface area (Å²) < 4.78 is 10.4. The van der Waals surface area contributed by atoms with E-state index in [0.717, 1.165) is 169 Å². The monoisotopic (exact) mass is 1990 g/mol. The molecule has 8 aliphatic heterocycles. The van der Waals surface area contributed by atoms with E-state index in [1.165, 1.54) is 62.6 Å². The van der Waals surface area contributed by atoms with Crippen LogP contribution in [0.5, 0.6) is 0 Å². The maximum atomic E-state index is 11.9. The van der Waals surface area contributed by atoms with Crippen LogP contribution >= 0.6 is 0 Å².